The topological polar surface area (TPSA) is 96.2 Å². The normalized spacial score (nSPS) is 15.1. The summed E-state index contributed by atoms with van der Waals surface area (Å²) in [6.07, 6.45) is 1.80. The van der Waals surface area contributed by atoms with Crippen molar-refractivity contribution in [1.29, 1.82) is 0 Å². The molecule has 0 spiro atoms. The van der Waals surface area contributed by atoms with Gasteiger partial charge in [-0.2, -0.15) is 0 Å². The minimum atomic E-state index is -0.651. The maximum absolute atomic E-state index is 13.8. The molecule has 2 heterocycles. The van der Waals surface area contributed by atoms with Gasteiger partial charge in [0, 0.05) is 0 Å². The Balaban J connectivity index is 1.83. The van der Waals surface area contributed by atoms with Crippen LogP contribution in [0.1, 0.15) is 36.6 Å². The summed E-state index contributed by atoms with van der Waals surface area (Å²) in [5.41, 5.74) is 3.30. The van der Waals surface area contributed by atoms with E-state index in [4.69, 9.17) is 9.47 Å². The first-order chi connectivity index (χ1) is 18.1. The lowest BCUT2D eigenvalue weighted by atomic mass is 9.95. The zero-order valence-corrected chi connectivity index (χ0v) is 26.2. The average Bonchev–Trinajstić information content (AvgIpc) is 3.17. The fourth-order valence-electron chi connectivity index (χ4n) is 4.00. The monoisotopic (exact) mass is 758 g/mol. The standard InChI is InChI=1S/C27H24I2N2O6S/c1-5-36-26(34)22-15(3)30-27-31(23(22)17-8-6-14(2)7-9-17)25(33)20(38-27)12-16-10-18(28)24(19(29)11-16)37-13-21(32)35-4/h6-12,23H,5,13H2,1-4H3/b20-12+/t23-/m1/s1. The van der Waals surface area contributed by atoms with E-state index in [1.165, 1.54) is 18.4 Å². The van der Waals surface area contributed by atoms with E-state index in [-0.39, 0.29) is 18.8 Å². The third-order valence-electron chi connectivity index (χ3n) is 5.79. The summed E-state index contributed by atoms with van der Waals surface area (Å²) < 4.78 is 19.2. The van der Waals surface area contributed by atoms with Gasteiger partial charge in [-0.25, -0.2) is 14.6 Å². The molecule has 0 saturated carbocycles. The molecular formula is C27H24I2N2O6S. The number of esters is 2. The highest BCUT2D eigenvalue weighted by molar-refractivity contribution is 14.1. The third-order valence-corrected chi connectivity index (χ3v) is 8.38. The summed E-state index contributed by atoms with van der Waals surface area (Å²) in [7, 11) is 1.31. The van der Waals surface area contributed by atoms with E-state index in [2.05, 4.69) is 54.9 Å². The number of methoxy groups -OCH3 is 1. The molecule has 8 nitrogen and oxygen atoms in total. The molecule has 2 aromatic carbocycles. The SMILES string of the molecule is CCOC(=O)C1=C(C)N=c2s/c(=C/c3cc(I)c(OCC(=O)OC)c(I)c3)c(=O)n2[C@@H]1c1ccc(C)cc1. The first-order valence-corrected chi connectivity index (χ1v) is 14.6. The van der Waals surface area contributed by atoms with E-state index in [9.17, 15) is 14.4 Å². The molecule has 0 bridgehead atoms. The molecule has 0 aliphatic carbocycles. The lowest BCUT2D eigenvalue weighted by Crippen LogP contribution is -2.39. The Bertz CT molecular complexity index is 1600. The predicted octanol–water partition coefficient (Wildman–Crippen LogP) is 3.87. The van der Waals surface area contributed by atoms with Crippen molar-refractivity contribution in [3.05, 3.63) is 91.2 Å². The van der Waals surface area contributed by atoms with E-state index in [1.807, 2.05) is 43.3 Å². The Morgan fingerprint density at radius 3 is 2.39 bits per heavy atom. The highest BCUT2D eigenvalue weighted by Crippen LogP contribution is 2.31. The number of carbonyl (C=O) groups is 2. The highest BCUT2D eigenvalue weighted by atomic mass is 127. The van der Waals surface area contributed by atoms with E-state index in [0.717, 1.165) is 23.8 Å². The largest absolute Gasteiger partial charge is 0.480 e. The molecule has 4 rings (SSSR count). The van der Waals surface area contributed by atoms with Gasteiger partial charge in [0.25, 0.3) is 5.56 Å². The molecule has 0 amide bonds. The number of nitrogens with zero attached hydrogens (tertiary/aromatic N) is 2. The molecule has 198 valence electrons. The molecule has 3 aromatic rings. The first-order valence-electron chi connectivity index (χ1n) is 11.6. The number of benzene rings is 2. The van der Waals surface area contributed by atoms with Crippen LogP contribution in [0.4, 0.5) is 0 Å². The van der Waals surface area contributed by atoms with Gasteiger partial charge in [0.1, 0.15) is 5.75 Å². The van der Waals surface area contributed by atoms with Crippen LogP contribution >= 0.6 is 56.5 Å². The van der Waals surface area contributed by atoms with Crippen molar-refractivity contribution in [3.8, 4) is 5.75 Å². The number of aryl methyl sites for hydroxylation is 1. The van der Waals surface area contributed by atoms with Crippen molar-refractivity contribution in [2.24, 2.45) is 4.99 Å². The van der Waals surface area contributed by atoms with Gasteiger partial charge in [-0.15, -0.1) is 0 Å². The van der Waals surface area contributed by atoms with Gasteiger partial charge in [-0.3, -0.25) is 9.36 Å². The highest BCUT2D eigenvalue weighted by Gasteiger charge is 2.33. The first kappa shape index (κ1) is 28.5. The second-order valence-corrected chi connectivity index (χ2v) is 11.7. The Morgan fingerprint density at radius 2 is 1.79 bits per heavy atom. The summed E-state index contributed by atoms with van der Waals surface area (Å²) in [6.45, 7) is 5.52. The number of ether oxygens (including phenoxy) is 3. The number of carbonyl (C=O) groups excluding carboxylic acids is 2. The Morgan fingerprint density at radius 1 is 1.13 bits per heavy atom. The van der Waals surface area contributed by atoms with Gasteiger partial charge in [-0.05, 0) is 95.3 Å². The van der Waals surface area contributed by atoms with E-state index < -0.39 is 18.0 Å². The average molecular weight is 758 g/mol. The molecule has 11 heteroatoms. The quantitative estimate of drug-likeness (QED) is 0.269. The Labute approximate surface area is 250 Å². The lowest BCUT2D eigenvalue weighted by Gasteiger charge is -2.24. The Kier molecular flexibility index (Phi) is 9.08. The number of halogens is 2. The summed E-state index contributed by atoms with van der Waals surface area (Å²) in [5.74, 6) is -0.382. The molecule has 0 N–H and O–H groups in total. The number of thiazole rings is 1. The molecule has 1 aliphatic rings. The summed E-state index contributed by atoms with van der Waals surface area (Å²) in [4.78, 5) is 43.4. The van der Waals surface area contributed by atoms with Crippen LogP contribution in [0.25, 0.3) is 6.08 Å². The van der Waals surface area contributed by atoms with Crippen molar-refractivity contribution in [2.75, 3.05) is 20.3 Å². The number of rotatable bonds is 7. The van der Waals surface area contributed by atoms with Gasteiger partial charge < -0.3 is 14.2 Å². The van der Waals surface area contributed by atoms with Gasteiger partial charge in [0.15, 0.2) is 11.4 Å². The number of hydrogen-bond donors (Lipinski definition) is 0. The van der Waals surface area contributed by atoms with Crippen LogP contribution in [-0.2, 0) is 19.1 Å². The Hall–Kier alpha value is -2.52. The predicted molar refractivity (Wildman–Crippen MR) is 161 cm³/mol. The number of allylic oxidation sites excluding steroid dienone is 1. The number of hydrogen-bond acceptors (Lipinski definition) is 8. The summed E-state index contributed by atoms with van der Waals surface area (Å²) in [6, 6.07) is 10.9. The zero-order valence-electron chi connectivity index (χ0n) is 21.0. The van der Waals surface area contributed by atoms with Gasteiger partial charge >= 0.3 is 11.9 Å². The van der Waals surface area contributed by atoms with Crippen LogP contribution in [-0.4, -0.2) is 36.8 Å². The third kappa shape index (κ3) is 5.88. The van der Waals surface area contributed by atoms with Crippen molar-refractivity contribution < 1.29 is 23.8 Å². The molecule has 1 atom stereocenters. The van der Waals surface area contributed by atoms with Crippen LogP contribution in [0.2, 0.25) is 0 Å². The molecule has 1 aliphatic heterocycles. The molecule has 0 saturated heterocycles. The molecule has 0 unspecified atom stereocenters. The smallest absolute Gasteiger partial charge is 0.343 e. The molecule has 1 aromatic heterocycles. The number of aromatic nitrogens is 1. The van der Waals surface area contributed by atoms with Crippen LogP contribution < -0.4 is 19.6 Å². The van der Waals surface area contributed by atoms with Crippen LogP contribution in [0.15, 0.2) is 57.5 Å². The fraction of sp³-hybridized carbons (Fsp3) is 0.259. The minimum absolute atomic E-state index is 0.193. The van der Waals surface area contributed by atoms with Crippen LogP contribution in [0, 0.1) is 14.1 Å². The van der Waals surface area contributed by atoms with Crippen molar-refractivity contribution in [3.63, 3.8) is 0 Å². The van der Waals surface area contributed by atoms with Crippen molar-refractivity contribution >= 4 is 74.5 Å². The zero-order chi connectivity index (χ0) is 27.6. The maximum atomic E-state index is 13.8. The van der Waals surface area contributed by atoms with Crippen molar-refractivity contribution in [2.45, 2.75) is 26.8 Å². The fourth-order valence-corrected chi connectivity index (χ4v) is 7.17. The summed E-state index contributed by atoms with van der Waals surface area (Å²) >= 11 is 5.53. The van der Waals surface area contributed by atoms with E-state index >= 15 is 0 Å². The summed E-state index contributed by atoms with van der Waals surface area (Å²) in [5, 5.41) is 0. The lowest BCUT2D eigenvalue weighted by molar-refractivity contribution is -0.143. The number of fused-ring (bicyclic) bond motifs is 1. The van der Waals surface area contributed by atoms with Gasteiger partial charge in [0.05, 0.1) is 42.7 Å². The molecule has 38 heavy (non-hydrogen) atoms. The van der Waals surface area contributed by atoms with Gasteiger partial charge in [-0.1, -0.05) is 41.2 Å². The van der Waals surface area contributed by atoms with Crippen LogP contribution in [0.5, 0.6) is 5.75 Å². The van der Waals surface area contributed by atoms with Crippen LogP contribution in [0.3, 0.4) is 0 Å². The van der Waals surface area contributed by atoms with E-state index in [0.29, 0.717) is 26.4 Å². The molecule has 0 fully saturated rings. The molecular weight excluding hydrogens is 734 g/mol. The molecule has 0 radical (unpaired) electrons. The maximum Gasteiger partial charge on any atom is 0.343 e. The van der Waals surface area contributed by atoms with Gasteiger partial charge in [0.2, 0.25) is 0 Å². The van der Waals surface area contributed by atoms with Crippen molar-refractivity contribution in [1.82, 2.24) is 4.57 Å². The van der Waals surface area contributed by atoms with E-state index in [1.54, 1.807) is 24.5 Å². The minimum Gasteiger partial charge on any atom is -0.480 e. The second kappa shape index (κ2) is 12.1. The second-order valence-electron chi connectivity index (χ2n) is 8.39.